The second kappa shape index (κ2) is 13.5. The molecular weight excluding hydrogens is 605 g/mol. The highest BCUT2D eigenvalue weighted by atomic mass is 35.5. The van der Waals surface area contributed by atoms with Crippen LogP contribution in [0.1, 0.15) is 65.3 Å². The van der Waals surface area contributed by atoms with Crippen LogP contribution in [-0.4, -0.2) is 34.2 Å². The summed E-state index contributed by atoms with van der Waals surface area (Å²) in [6.07, 6.45) is 2.38. The van der Waals surface area contributed by atoms with E-state index >= 15 is 4.39 Å². The molecule has 0 unspecified atom stereocenters. The number of halogens is 2. The van der Waals surface area contributed by atoms with Gasteiger partial charge in [0.15, 0.2) is 0 Å². The average molecular weight is 642 g/mol. The molecule has 0 bridgehead atoms. The van der Waals surface area contributed by atoms with Gasteiger partial charge in [0.25, 0.3) is 0 Å². The van der Waals surface area contributed by atoms with E-state index in [4.69, 9.17) is 11.6 Å². The van der Waals surface area contributed by atoms with Crippen LogP contribution in [0.4, 0.5) is 10.1 Å². The molecule has 4 rings (SSSR count). The van der Waals surface area contributed by atoms with E-state index in [0.717, 1.165) is 12.8 Å². The van der Waals surface area contributed by atoms with Crippen LogP contribution in [0.25, 0.3) is 16.8 Å². The van der Waals surface area contributed by atoms with E-state index in [1.165, 1.54) is 21.4 Å². The van der Waals surface area contributed by atoms with Gasteiger partial charge in [-0.1, -0.05) is 62.2 Å². The van der Waals surface area contributed by atoms with Gasteiger partial charge >= 0.3 is 5.69 Å². The first-order valence-corrected chi connectivity index (χ1v) is 16.3. The lowest BCUT2D eigenvalue weighted by Crippen LogP contribution is -2.40. The number of carbonyl (C=O) groups is 1. The van der Waals surface area contributed by atoms with Gasteiger partial charge in [-0.25, -0.2) is 22.3 Å². The molecular formula is C32H37ClFN5O4S. The predicted molar refractivity (Wildman–Crippen MR) is 171 cm³/mol. The van der Waals surface area contributed by atoms with Gasteiger partial charge in [0, 0.05) is 35.2 Å². The normalized spacial score (nSPS) is 12.0. The van der Waals surface area contributed by atoms with Gasteiger partial charge in [0.2, 0.25) is 15.9 Å². The largest absolute Gasteiger partial charge is 0.351 e. The summed E-state index contributed by atoms with van der Waals surface area (Å²) in [7, 11) is -3.89. The van der Waals surface area contributed by atoms with Crippen LogP contribution in [0.3, 0.4) is 0 Å². The van der Waals surface area contributed by atoms with Crippen molar-refractivity contribution >= 4 is 33.2 Å². The number of sulfonamides is 1. The molecule has 0 saturated carbocycles. The number of benzene rings is 3. The minimum Gasteiger partial charge on any atom is -0.326 e. The highest BCUT2D eigenvalue weighted by Gasteiger charge is 2.25. The highest BCUT2D eigenvalue weighted by Crippen LogP contribution is 2.30. The zero-order chi connectivity index (χ0) is 32.2. The Morgan fingerprint density at radius 1 is 1.05 bits per heavy atom. The summed E-state index contributed by atoms with van der Waals surface area (Å²) >= 11 is 6.45. The molecule has 0 aliphatic carbocycles. The standard InChI is InChI=1S/C32H37ClFN5O4S/c1-6-8-13-29-36-39(27-19-23(16-17-25(27)33)35-30(40)7-2)31(41)38(29)20-22-15-14-21(18-26(22)34)24-11-9-10-12-28(24)44(42,43)37-32(3,4)5/h9-12,14-19,37H,6-8,13,20H2,1-5H3,(H,35,40). The van der Waals surface area contributed by atoms with E-state index < -0.39 is 27.1 Å². The fraction of sp³-hybridized carbons (Fsp3) is 0.344. The van der Waals surface area contributed by atoms with Crippen LogP contribution in [0, 0.1) is 5.82 Å². The maximum Gasteiger partial charge on any atom is 0.351 e. The summed E-state index contributed by atoms with van der Waals surface area (Å²) in [5.74, 6) is -0.324. The fourth-order valence-corrected chi connectivity index (χ4v) is 6.53. The summed E-state index contributed by atoms with van der Waals surface area (Å²) in [5.41, 5.74) is 0.514. The van der Waals surface area contributed by atoms with E-state index in [-0.39, 0.29) is 34.4 Å². The third-order valence-electron chi connectivity index (χ3n) is 6.78. The number of nitrogens with one attached hydrogen (secondary N) is 2. The zero-order valence-electron chi connectivity index (χ0n) is 25.4. The molecule has 12 heteroatoms. The van der Waals surface area contributed by atoms with Gasteiger partial charge in [0.05, 0.1) is 22.2 Å². The lowest BCUT2D eigenvalue weighted by atomic mass is 10.0. The summed E-state index contributed by atoms with van der Waals surface area (Å²) in [6.45, 7) is 8.89. The maximum absolute atomic E-state index is 15.7. The monoisotopic (exact) mass is 641 g/mol. The number of aromatic nitrogens is 3. The number of nitrogens with zero attached hydrogens (tertiary/aromatic N) is 3. The Morgan fingerprint density at radius 2 is 1.77 bits per heavy atom. The van der Waals surface area contributed by atoms with E-state index in [1.807, 2.05) is 6.92 Å². The molecule has 0 atom stereocenters. The first-order valence-electron chi connectivity index (χ1n) is 14.4. The first kappa shape index (κ1) is 33.1. The molecule has 44 heavy (non-hydrogen) atoms. The molecule has 4 aromatic rings. The fourth-order valence-electron chi connectivity index (χ4n) is 4.69. The van der Waals surface area contributed by atoms with Crippen LogP contribution in [0.2, 0.25) is 5.02 Å². The molecule has 1 aromatic heterocycles. The highest BCUT2D eigenvalue weighted by molar-refractivity contribution is 7.89. The van der Waals surface area contributed by atoms with Gasteiger partial charge in [-0.15, -0.1) is 5.10 Å². The van der Waals surface area contributed by atoms with Crippen molar-refractivity contribution in [1.29, 1.82) is 0 Å². The van der Waals surface area contributed by atoms with Crippen molar-refractivity contribution in [2.45, 2.75) is 77.3 Å². The number of hydrogen-bond donors (Lipinski definition) is 2. The molecule has 1 heterocycles. The quantitative estimate of drug-likeness (QED) is 0.199. The molecule has 0 aliphatic rings. The van der Waals surface area contributed by atoms with Crippen LogP contribution in [-0.2, 0) is 27.8 Å². The van der Waals surface area contributed by atoms with E-state index in [9.17, 15) is 18.0 Å². The Balaban J connectivity index is 1.73. The number of amides is 1. The number of aryl methyl sites for hydroxylation is 1. The van der Waals surface area contributed by atoms with E-state index in [1.54, 1.807) is 76.2 Å². The second-order valence-corrected chi connectivity index (χ2v) is 13.6. The number of anilines is 1. The van der Waals surface area contributed by atoms with Gasteiger partial charge in [-0.05, 0) is 63.1 Å². The second-order valence-electron chi connectivity index (χ2n) is 11.5. The smallest absolute Gasteiger partial charge is 0.326 e. The van der Waals surface area contributed by atoms with Crippen molar-refractivity contribution < 1.29 is 17.6 Å². The van der Waals surface area contributed by atoms with Gasteiger partial charge in [-0.3, -0.25) is 9.36 Å². The van der Waals surface area contributed by atoms with Gasteiger partial charge < -0.3 is 5.32 Å². The lowest BCUT2D eigenvalue weighted by Gasteiger charge is -2.21. The number of hydrogen-bond acceptors (Lipinski definition) is 5. The molecule has 0 aliphatic heterocycles. The molecule has 0 fully saturated rings. The van der Waals surface area contributed by atoms with Crippen molar-refractivity contribution in [2.75, 3.05) is 5.32 Å². The van der Waals surface area contributed by atoms with Crippen molar-refractivity contribution in [2.24, 2.45) is 0 Å². The molecule has 1 amide bonds. The molecule has 0 spiro atoms. The van der Waals surface area contributed by atoms with Crippen LogP contribution in [0.15, 0.2) is 70.4 Å². The van der Waals surface area contributed by atoms with Crippen LogP contribution in [0.5, 0.6) is 0 Å². The lowest BCUT2D eigenvalue weighted by molar-refractivity contribution is -0.115. The first-order chi connectivity index (χ1) is 20.7. The number of unbranched alkanes of at least 4 members (excludes halogenated alkanes) is 1. The molecule has 0 saturated heterocycles. The SMILES string of the molecule is CCCCc1nn(-c2cc(NC(=O)CC)ccc2Cl)c(=O)n1Cc1ccc(-c2ccccc2S(=O)(=O)NC(C)(C)C)cc1F. The van der Waals surface area contributed by atoms with Crippen LogP contribution < -0.4 is 15.7 Å². The van der Waals surface area contributed by atoms with Crippen molar-refractivity contribution in [3.63, 3.8) is 0 Å². The Morgan fingerprint density at radius 3 is 2.43 bits per heavy atom. The molecule has 2 N–H and O–H groups in total. The predicted octanol–water partition coefficient (Wildman–Crippen LogP) is 6.31. The number of carbonyl (C=O) groups excluding carboxylic acids is 1. The summed E-state index contributed by atoms with van der Waals surface area (Å²) < 4.78 is 47.2. The summed E-state index contributed by atoms with van der Waals surface area (Å²) in [5, 5.41) is 7.57. The van der Waals surface area contributed by atoms with Crippen LogP contribution >= 0.6 is 11.6 Å². The Bertz CT molecular complexity index is 1840. The average Bonchev–Trinajstić information content (AvgIpc) is 3.26. The van der Waals surface area contributed by atoms with Gasteiger partial charge in [0.1, 0.15) is 11.6 Å². The maximum atomic E-state index is 15.7. The Hall–Kier alpha value is -3.80. The third kappa shape index (κ3) is 7.64. The minimum absolute atomic E-state index is 0.0376. The molecule has 0 radical (unpaired) electrons. The Labute approximate surface area is 262 Å². The van der Waals surface area contributed by atoms with Crippen molar-refractivity contribution in [3.05, 3.63) is 93.4 Å². The molecule has 234 valence electrons. The third-order valence-corrected chi connectivity index (χ3v) is 8.92. The van der Waals surface area contributed by atoms with Crippen molar-refractivity contribution in [3.8, 4) is 16.8 Å². The zero-order valence-corrected chi connectivity index (χ0v) is 27.0. The summed E-state index contributed by atoms with van der Waals surface area (Å²) in [4.78, 5) is 25.7. The van der Waals surface area contributed by atoms with Gasteiger partial charge in [-0.2, -0.15) is 4.68 Å². The van der Waals surface area contributed by atoms with Crippen molar-refractivity contribution in [1.82, 2.24) is 19.1 Å². The topological polar surface area (TPSA) is 115 Å². The van der Waals surface area contributed by atoms with E-state index in [0.29, 0.717) is 34.7 Å². The van der Waals surface area contributed by atoms with E-state index in [2.05, 4.69) is 15.1 Å². The Kier molecular flexibility index (Phi) is 10.1. The number of rotatable bonds is 11. The molecule has 3 aromatic carbocycles. The molecule has 9 nitrogen and oxygen atoms in total. The summed E-state index contributed by atoms with van der Waals surface area (Å²) in [6, 6.07) is 15.7. The minimum atomic E-state index is -3.89.